The molecule has 0 aliphatic rings. The summed E-state index contributed by atoms with van der Waals surface area (Å²) in [5.41, 5.74) is -0.104. The number of hydrogen-bond donors (Lipinski definition) is 1. The van der Waals surface area contributed by atoms with E-state index in [4.69, 9.17) is 11.6 Å². The first-order chi connectivity index (χ1) is 22.5. The second-order valence-electron chi connectivity index (χ2n) is 12.4. The summed E-state index contributed by atoms with van der Waals surface area (Å²) in [5, 5.41) is 2.63. The van der Waals surface area contributed by atoms with Gasteiger partial charge >= 0.3 is 6.18 Å². The molecule has 0 bridgehead atoms. The third-order valence-electron chi connectivity index (χ3n) is 7.52. The van der Waals surface area contributed by atoms with Crippen molar-refractivity contribution in [1.82, 2.24) is 10.2 Å². The van der Waals surface area contributed by atoms with Gasteiger partial charge in [0.1, 0.15) is 12.6 Å². The van der Waals surface area contributed by atoms with Crippen LogP contribution in [-0.2, 0) is 38.8 Å². The third kappa shape index (κ3) is 9.17. The Bertz CT molecular complexity index is 1850. The molecule has 7 nitrogen and oxygen atoms in total. The Morgan fingerprint density at radius 2 is 1.44 bits per heavy atom. The molecule has 0 radical (unpaired) electrons. The van der Waals surface area contributed by atoms with Crippen LogP contribution in [-0.4, -0.2) is 43.3 Å². The molecule has 0 saturated carbocycles. The molecule has 0 fully saturated rings. The zero-order chi connectivity index (χ0) is 35.3. The van der Waals surface area contributed by atoms with Crippen LogP contribution in [0.2, 0.25) is 5.02 Å². The zero-order valence-corrected chi connectivity index (χ0v) is 28.5. The molecule has 1 N–H and O–H groups in total. The van der Waals surface area contributed by atoms with Crippen LogP contribution in [0.5, 0.6) is 0 Å². The van der Waals surface area contributed by atoms with Crippen LogP contribution >= 0.6 is 11.6 Å². The van der Waals surface area contributed by atoms with Gasteiger partial charge in [-0.15, -0.1) is 0 Å². The predicted molar refractivity (Wildman–Crippen MR) is 181 cm³/mol. The van der Waals surface area contributed by atoms with Crippen molar-refractivity contribution >= 4 is 39.1 Å². The summed E-state index contributed by atoms with van der Waals surface area (Å²) in [6.45, 7) is 6.19. The van der Waals surface area contributed by atoms with Crippen molar-refractivity contribution in [2.45, 2.75) is 63.3 Å². The van der Waals surface area contributed by atoms with Crippen LogP contribution in [0.15, 0.2) is 108 Å². The Morgan fingerprint density at radius 3 is 2.02 bits per heavy atom. The van der Waals surface area contributed by atoms with Crippen molar-refractivity contribution in [1.29, 1.82) is 0 Å². The van der Waals surface area contributed by atoms with Crippen LogP contribution in [0, 0.1) is 6.92 Å². The van der Waals surface area contributed by atoms with E-state index in [-0.39, 0.29) is 22.9 Å². The average molecular weight is 700 g/mol. The predicted octanol–water partition coefficient (Wildman–Crippen LogP) is 7.42. The number of benzene rings is 4. The van der Waals surface area contributed by atoms with Crippen molar-refractivity contribution in [3.63, 3.8) is 0 Å². The van der Waals surface area contributed by atoms with Gasteiger partial charge in [-0.1, -0.05) is 84.4 Å². The summed E-state index contributed by atoms with van der Waals surface area (Å²) >= 11 is 6.38. The lowest BCUT2D eigenvalue weighted by Crippen LogP contribution is -2.56. The molecule has 0 heterocycles. The van der Waals surface area contributed by atoms with Gasteiger partial charge in [0, 0.05) is 18.5 Å². The summed E-state index contributed by atoms with van der Waals surface area (Å²) in [6.07, 6.45) is -4.75. The SMILES string of the molecule is Cc1ccccc1CN(C(=O)CN(c1cc(C(F)(F)F)ccc1Cl)S(=O)(=O)c1ccccc1)[C@@H](Cc1ccccc1)C(=O)NC(C)(C)C. The number of nitrogens with zero attached hydrogens (tertiary/aromatic N) is 2. The van der Waals surface area contributed by atoms with Gasteiger partial charge in [-0.25, -0.2) is 8.42 Å². The van der Waals surface area contributed by atoms with Crippen LogP contribution in [0.25, 0.3) is 0 Å². The fourth-order valence-corrected chi connectivity index (χ4v) is 6.81. The number of amides is 2. The Hall–Kier alpha value is -4.35. The number of carbonyl (C=O) groups excluding carboxylic acids is 2. The van der Waals surface area contributed by atoms with Gasteiger partial charge < -0.3 is 10.2 Å². The maximum Gasteiger partial charge on any atom is 0.416 e. The standard InChI is InChI=1S/C36H37ClF3N3O4S/c1-25-13-11-12-16-27(25)23-42(32(34(45)41-35(2,3)4)21-26-14-7-5-8-15-26)33(44)24-43(48(46,47)29-17-9-6-10-18-29)31-22-28(36(38,39)40)19-20-30(31)37/h5-20,22,32H,21,23-24H2,1-4H3,(H,41,45)/t32-/m0/s1. The molecule has 0 aliphatic carbocycles. The maximum absolute atomic E-state index is 14.6. The number of anilines is 1. The Labute approximate surface area is 284 Å². The van der Waals surface area contributed by atoms with Gasteiger partial charge in [-0.3, -0.25) is 13.9 Å². The highest BCUT2D eigenvalue weighted by Crippen LogP contribution is 2.37. The molecule has 4 aromatic carbocycles. The lowest BCUT2D eigenvalue weighted by molar-refractivity contribution is -0.140. The summed E-state index contributed by atoms with van der Waals surface area (Å²) < 4.78 is 70.4. The van der Waals surface area contributed by atoms with E-state index in [1.54, 1.807) is 51.1 Å². The van der Waals surface area contributed by atoms with Gasteiger partial charge in [0.25, 0.3) is 10.0 Å². The minimum Gasteiger partial charge on any atom is -0.350 e. The number of alkyl halides is 3. The molecule has 0 spiro atoms. The quantitative estimate of drug-likeness (QED) is 0.177. The molecule has 48 heavy (non-hydrogen) atoms. The van der Waals surface area contributed by atoms with Crippen molar-refractivity contribution < 1.29 is 31.2 Å². The number of hydrogen-bond acceptors (Lipinski definition) is 4. The Balaban J connectivity index is 1.89. The fourth-order valence-electron chi connectivity index (χ4n) is 5.09. The lowest BCUT2D eigenvalue weighted by atomic mass is 10.00. The minimum absolute atomic E-state index is 0.0795. The number of halogens is 4. The second kappa shape index (κ2) is 14.8. The molecule has 0 aliphatic heterocycles. The van der Waals surface area contributed by atoms with E-state index in [0.29, 0.717) is 15.9 Å². The topological polar surface area (TPSA) is 86.8 Å². The molecule has 0 unspecified atom stereocenters. The van der Waals surface area contributed by atoms with Crippen LogP contribution in [0.1, 0.15) is 43.0 Å². The highest BCUT2D eigenvalue weighted by atomic mass is 35.5. The van der Waals surface area contributed by atoms with Gasteiger partial charge in [0.15, 0.2) is 0 Å². The summed E-state index contributed by atoms with van der Waals surface area (Å²) in [6, 6.07) is 24.5. The first-order valence-corrected chi connectivity index (χ1v) is 16.9. The lowest BCUT2D eigenvalue weighted by Gasteiger charge is -2.35. The fraction of sp³-hybridized carbons (Fsp3) is 0.278. The van der Waals surface area contributed by atoms with Gasteiger partial charge in [-0.05, 0) is 74.7 Å². The van der Waals surface area contributed by atoms with E-state index in [9.17, 15) is 31.2 Å². The number of nitrogens with one attached hydrogen (secondary N) is 1. The van der Waals surface area contributed by atoms with E-state index in [1.165, 1.54) is 29.2 Å². The molecular formula is C36H37ClF3N3O4S. The summed E-state index contributed by atoms with van der Waals surface area (Å²) in [4.78, 5) is 29.6. The first-order valence-electron chi connectivity index (χ1n) is 15.1. The third-order valence-corrected chi connectivity index (χ3v) is 9.62. The van der Waals surface area contributed by atoms with E-state index < -0.39 is 57.4 Å². The summed E-state index contributed by atoms with van der Waals surface area (Å²) in [5.74, 6) is -1.31. The number of aryl methyl sites for hydroxylation is 1. The van der Waals surface area contributed by atoms with Crippen LogP contribution in [0.4, 0.5) is 18.9 Å². The van der Waals surface area contributed by atoms with Gasteiger partial charge in [-0.2, -0.15) is 13.2 Å². The second-order valence-corrected chi connectivity index (χ2v) is 14.7. The first kappa shape index (κ1) is 36.5. The maximum atomic E-state index is 14.6. The smallest absolute Gasteiger partial charge is 0.350 e. The molecule has 12 heteroatoms. The van der Waals surface area contributed by atoms with Crippen LogP contribution < -0.4 is 9.62 Å². The van der Waals surface area contributed by atoms with Crippen LogP contribution in [0.3, 0.4) is 0 Å². The van der Waals surface area contributed by atoms with E-state index in [1.807, 2.05) is 37.3 Å². The highest BCUT2D eigenvalue weighted by Gasteiger charge is 2.38. The number of carbonyl (C=O) groups is 2. The molecule has 254 valence electrons. The molecule has 0 saturated heterocycles. The average Bonchev–Trinajstić information content (AvgIpc) is 3.02. The highest BCUT2D eigenvalue weighted by molar-refractivity contribution is 7.92. The molecule has 4 aromatic rings. The van der Waals surface area contributed by atoms with E-state index in [0.717, 1.165) is 23.3 Å². The van der Waals surface area contributed by atoms with E-state index in [2.05, 4.69) is 5.32 Å². The molecular weight excluding hydrogens is 663 g/mol. The zero-order valence-electron chi connectivity index (χ0n) is 27.0. The molecule has 0 aromatic heterocycles. The molecule has 1 atom stereocenters. The largest absolute Gasteiger partial charge is 0.416 e. The van der Waals surface area contributed by atoms with Crippen molar-refractivity contribution in [2.75, 3.05) is 10.8 Å². The number of sulfonamides is 1. The summed E-state index contributed by atoms with van der Waals surface area (Å²) in [7, 11) is -4.65. The molecule has 4 rings (SSSR count). The minimum atomic E-state index is -4.83. The normalized spacial score (nSPS) is 12.7. The number of rotatable bonds is 11. The molecule has 2 amide bonds. The van der Waals surface area contributed by atoms with Gasteiger partial charge in [0.05, 0.1) is 21.2 Å². The van der Waals surface area contributed by atoms with Crippen molar-refractivity contribution in [3.8, 4) is 0 Å². The van der Waals surface area contributed by atoms with Gasteiger partial charge in [0.2, 0.25) is 11.8 Å². The van der Waals surface area contributed by atoms with Crippen molar-refractivity contribution in [2.24, 2.45) is 0 Å². The Kier molecular flexibility index (Phi) is 11.3. The van der Waals surface area contributed by atoms with E-state index >= 15 is 0 Å². The van der Waals surface area contributed by atoms with Crippen molar-refractivity contribution in [3.05, 3.63) is 130 Å². The monoisotopic (exact) mass is 699 g/mol. The Morgan fingerprint density at radius 1 is 0.854 bits per heavy atom.